The molecule has 1 aromatic rings. The van der Waals surface area contributed by atoms with Crippen LogP contribution < -0.4 is 0 Å². The number of benzene rings is 1. The third-order valence-corrected chi connectivity index (χ3v) is 2.66. The molecule has 1 aliphatic rings. The van der Waals surface area contributed by atoms with Crippen LogP contribution in [0, 0.1) is 0 Å². The van der Waals surface area contributed by atoms with Crippen molar-refractivity contribution in [3.63, 3.8) is 0 Å². The van der Waals surface area contributed by atoms with Crippen molar-refractivity contribution >= 4 is 17.6 Å². The molecule has 0 atom stereocenters. The molecule has 5 nitrogen and oxygen atoms in total. The fourth-order valence-corrected chi connectivity index (χ4v) is 1.62. The molecular weight excluding hydrogens is 232 g/mol. The van der Waals surface area contributed by atoms with Crippen LogP contribution in [0.3, 0.4) is 0 Å². The maximum Gasteiger partial charge on any atom is 0.354 e. The number of carbonyl (C=O) groups excluding carboxylic acids is 2. The highest BCUT2D eigenvalue weighted by Gasteiger charge is 2.22. The lowest BCUT2D eigenvalue weighted by atomic mass is 10.2. The summed E-state index contributed by atoms with van der Waals surface area (Å²) in [5.41, 5.74) is 1.22. The molecule has 18 heavy (non-hydrogen) atoms. The van der Waals surface area contributed by atoms with E-state index in [2.05, 4.69) is 5.10 Å². The quantitative estimate of drug-likeness (QED) is 0.756. The van der Waals surface area contributed by atoms with Crippen LogP contribution >= 0.6 is 0 Å². The summed E-state index contributed by atoms with van der Waals surface area (Å²) in [7, 11) is 1.53. The van der Waals surface area contributed by atoms with Crippen LogP contribution in [0.2, 0.25) is 0 Å². The number of hydrazone groups is 1. The van der Waals surface area contributed by atoms with Gasteiger partial charge in [0, 0.05) is 19.9 Å². The number of hydrogen-bond donors (Lipinski definition) is 0. The van der Waals surface area contributed by atoms with Gasteiger partial charge >= 0.3 is 5.97 Å². The first-order chi connectivity index (χ1) is 8.66. The molecule has 0 unspecified atom stereocenters. The highest BCUT2D eigenvalue weighted by Crippen LogP contribution is 2.09. The van der Waals surface area contributed by atoms with E-state index in [1.54, 1.807) is 0 Å². The van der Waals surface area contributed by atoms with Gasteiger partial charge in [-0.25, -0.2) is 9.80 Å². The Hall–Kier alpha value is -2.17. The smallest absolute Gasteiger partial charge is 0.354 e. The average Bonchev–Trinajstić information content (AvgIpc) is 2.40. The molecule has 94 valence electrons. The number of nitrogens with zero attached hydrogens (tertiary/aromatic N) is 2. The van der Waals surface area contributed by atoms with E-state index in [0.29, 0.717) is 18.6 Å². The molecular formula is C13H14N2O3. The predicted octanol–water partition coefficient (Wildman–Crippen LogP) is 1.34. The number of rotatable bonds is 3. The molecule has 0 N–H and O–H groups in total. The van der Waals surface area contributed by atoms with Gasteiger partial charge in [-0.1, -0.05) is 30.3 Å². The van der Waals surface area contributed by atoms with Crippen molar-refractivity contribution in [2.75, 3.05) is 7.05 Å². The summed E-state index contributed by atoms with van der Waals surface area (Å²) in [6.07, 6.45) is 0.645. The van der Waals surface area contributed by atoms with Crippen molar-refractivity contribution in [3.05, 3.63) is 35.9 Å². The van der Waals surface area contributed by atoms with E-state index in [0.717, 1.165) is 5.56 Å². The van der Waals surface area contributed by atoms with E-state index in [1.807, 2.05) is 30.3 Å². The molecule has 1 heterocycles. The molecule has 1 aliphatic heterocycles. The zero-order valence-electron chi connectivity index (χ0n) is 10.1. The first kappa shape index (κ1) is 12.3. The second-order valence-corrected chi connectivity index (χ2v) is 4.03. The first-order valence-corrected chi connectivity index (χ1v) is 5.72. The van der Waals surface area contributed by atoms with E-state index in [4.69, 9.17) is 4.74 Å². The minimum absolute atomic E-state index is 0.0883. The van der Waals surface area contributed by atoms with Gasteiger partial charge in [-0.2, -0.15) is 5.10 Å². The van der Waals surface area contributed by atoms with E-state index in [9.17, 15) is 9.59 Å². The van der Waals surface area contributed by atoms with Crippen LogP contribution in [0.4, 0.5) is 0 Å². The average molecular weight is 246 g/mol. The third kappa shape index (κ3) is 2.94. The Kier molecular flexibility index (Phi) is 3.72. The maximum absolute atomic E-state index is 11.7. The molecule has 1 aromatic carbocycles. The van der Waals surface area contributed by atoms with Gasteiger partial charge in [0.15, 0.2) is 0 Å². The van der Waals surface area contributed by atoms with Crippen LogP contribution in [-0.2, 0) is 20.9 Å². The van der Waals surface area contributed by atoms with E-state index < -0.39 is 5.97 Å². The fraction of sp³-hybridized carbons (Fsp3) is 0.308. The van der Waals surface area contributed by atoms with Crippen molar-refractivity contribution < 1.29 is 14.3 Å². The highest BCUT2D eigenvalue weighted by atomic mass is 16.5. The monoisotopic (exact) mass is 246 g/mol. The Morgan fingerprint density at radius 3 is 2.72 bits per heavy atom. The van der Waals surface area contributed by atoms with Gasteiger partial charge in [-0.15, -0.1) is 0 Å². The topological polar surface area (TPSA) is 59.0 Å². The zero-order chi connectivity index (χ0) is 13.0. The molecule has 5 heteroatoms. The molecule has 0 saturated heterocycles. The summed E-state index contributed by atoms with van der Waals surface area (Å²) in [5.74, 6) is -0.548. The lowest BCUT2D eigenvalue weighted by Crippen LogP contribution is -2.32. The molecule has 0 fully saturated rings. The molecule has 0 aliphatic carbocycles. The summed E-state index contributed by atoms with van der Waals surface area (Å²) >= 11 is 0. The number of amides is 1. The van der Waals surface area contributed by atoms with E-state index in [-0.39, 0.29) is 12.5 Å². The van der Waals surface area contributed by atoms with Crippen LogP contribution in [0.1, 0.15) is 18.4 Å². The molecule has 0 aromatic heterocycles. The van der Waals surface area contributed by atoms with Crippen LogP contribution in [0.15, 0.2) is 35.4 Å². The molecule has 0 bridgehead atoms. The maximum atomic E-state index is 11.7. The second kappa shape index (κ2) is 5.44. The number of hydrogen-bond acceptors (Lipinski definition) is 4. The van der Waals surface area contributed by atoms with Crippen LogP contribution in [-0.4, -0.2) is 29.6 Å². The van der Waals surface area contributed by atoms with Gasteiger partial charge < -0.3 is 4.74 Å². The summed E-state index contributed by atoms with van der Waals surface area (Å²) in [6, 6.07) is 9.43. The number of ether oxygens (including phenoxy) is 1. The van der Waals surface area contributed by atoms with Crippen molar-refractivity contribution in [2.24, 2.45) is 5.10 Å². The summed E-state index contributed by atoms with van der Waals surface area (Å²) < 4.78 is 5.14. The Labute approximate surface area is 105 Å². The van der Waals surface area contributed by atoms with Gasteiger partial charge in [0.1, 0.15) is 12.3 Å². The lowest BCUT2D eigenvalue weighted by molar-refractivity contribution is -0.137. The Bertz CT molecular complexity index is 482. The molecule has 2 rings (SSSR count). The highest BCUT2D eigenvalue weighted by molar-refractivity contribution is 6.37. The SMILES string of the molecule is CN1N=C(C(=O)OCc2ccccc2)CCC1=O. The summed E-state index contributed by atoms with van der Waals surface area (Å²) in [5, 5.41) is 5.08. The zero-order valence-corrected chi connectivity index (χ0v) is 10.1. The lowest BCUT2D eigenvalue weighted by Gasteiger charge is -2.18. The van der Waals surface area contributed by atoms with Gasteiger partial charge in [0.25, 0.3) is 0 Å². The minimum atomic E-state index is -0.460. The van der Waals surface area contributed by atoms with Crippen molar-refractivity contribution in [1.29, 1.82) is 0 Å². The summed E-state index contributed by atoms with van der Waals surface area (Å²) in [6.45, 7) is 0.219. The van der Waals surface area contributed by atoms with Crippen LogP contribution in [0.25, 0.3) is 0 Å². The third-order valence-electron chi connectivity index (χ3n) is 2.66. The molecule has 0 radical (unpaired) electrons. The van der Waals surface area contributed by atoms with Crippen molar-refractivity contribution in [2.45, 2.75) is 19.4 Å². The number of carbonyl (C=O) groups is 2. The fourth-order valence-electron chi connectivity index (χ4n) is 1.62. The first-order valence-electron chi connectivity index (χ1n) is 5.72. The van der Waals surface area contributed by atoms with Gasteiger partial charge in [-0.3, -0.25) is 4.79 Å². The standard InChI is InChI=1S/C13H14N2O3/c1-15-12(16)8-7-11(14-15)13(17)18-9-10-5-3-2-4-6-10/h2-6H,7-9H2,1H3. The molecule has 1 amide bonds. The van der Waals surface area contributed by atoms with E-state index >= 15 is 0 Å². The van der Waals surface area contributed by atoms with Gasteiger partial charge in [0.2, 0.25) is 5.91 Å². The minimum Gasteiger partial charge on any atom is -0.456 e. The molecule has 0 saturated carbocycles. The normalized spacial score (nSPS) is 15.3. The van der Waals surface area contributed by atoms with Gasteiger partial charge in [0.05, 0.1) is 0 Å². The molecule has 0 spiro atoms. The Balaban J connectivity index is 1.93. The predicted molar refractivity (Wildman–Crippen MR) is 65.7 cm³/mol. The Morgan fingerprint density at radius 2 is 2.06 bits per heavy atom. The number of esters is 1. The van der Waals surface area contributed by atoms with Crippen LogP contribution in [0.5, 0.6) is 0 Å². The second-order valence-electron chi connectivity index (χ2n) is 4.03. The van der Waals surface area contributed by atoms with Crippen molar-refractivity contribution in [3.8, 4) is 0 Å². The largest absolute Gasteiger partial charge is 0.456 e. The van der Waals surface area contributed by atoms with Crippen molar-refractivity contribution in [1.82, 2.24) is 5.01 Å². The summed E-state index contributed by atoms with van der Waals surface area (Å²) in [4.78, 5) is 22.9. The Morgan fingerprint density at radius 1 is 1.33 bits per heavy atom. The van der Waals surface area contributed by atoms with Gasteiger partial charge in [-0.05, 0) is 5.56 Å². The van der Waals surface area contributed by atoms with E-state index in [1.165, 1.54) is 12.1 Å².